The van der Waals surface area contributed by atoms with Crippen molar-refractivity contribution in [1.29, 1.82) is 0 Å². The average Bonchev–Trinajstić information content (AvgIpc) is 3.29. The Morgan fingerprint density at radius 1 is 0.475 bits per heavy atom. The first-order valence-electron chi connectivity index (χ1n) is 20.2. The largest absolute Gasteiger partial charge is 0.491 e. The Balaban J connectivity index is 1.03. The van der Waals surface area contributed by atoms with Crippen molar-refractivity contribution in [2.24, 2.45) is 0 Å². The van der Waals surface area contributed by atoms with Crippen LogP contribution in [0, 0.1) is 0 Å². The van der Waals surface area contributed by atoms with Gasteiger partial charge in [-0.25, -0.2) is 0 Å². The highest BCUT2D eigenvalue weighted by Gasteiger charge is 2.22. The Labute approximate surface area is 348 Å². The van der Waals surface area contributed by atoms with Gasteiger partial charge < -0.3 is 35.1 Å². The van der Waals surface area contributed by atoms with E-state index in [1.165, 1.54) is 16.7 Å². The number of ether oxygens (including phenoxy) is 4. The van der Waals surface area contributed by atoms with E-state index in [-0.39, 0.29) is 18.6 Å². The summed E-state index contributed by atoms with van der Waals surface area (Å²) in [5.41, 5.74) is 13.7. The van der Waals surface area contributed by atoms with Crippen molar-refractivity contribution in [3.8, 4) is 23.0 Å². The first kappa shape index (κ1) is 40.6. The molecule has 0 saturated heterocycles. The molecule has 4 N–H and O–H groups in total. The molecule has 59 heavy (non-hydrogen) atoms. The Bertz CT molecular complexity index is 2170. The van der Waals surface area contributed by atoms with Gasteiger partial charge in [0.05, 0.1) is 5.69 Å². The maximum Gasteiger partial charge on any atom is 0.142 e. The quantitative estimate of drug-likeness (QED) is 0.0625. The maximum atomic E-state index is 11.2. The molecule has 0 bridgehead atoms. The molecule has 0 aliphatic rings. The van der Waals surface area contributed by atoms with E-state index in [4.69, 9.17) is 24.7 Å². The van der Waals surface area contributed by atoms with Crippen LogP contribution >= 0.6 is 0 Å². The van der Waals surface area contributed by atoms with E-state index in [1.54, 1.807) is 12.1 Å². The van der Waals surface area contributed by atoms with Crippen LogP contribution in [-0.4, -0.2) is 30.4 Å². The fourth-order valence-corrected chi connectivity index (χ4v) is 7.00. The normalized spacial score (nSPS) is 12.1. The predicted molar refractivity (Wildman–Crippen MR) is 236 cm³/mol. The second-order valence-electron chi connectivity index (χ2n) is 14.7. The van der Waals surface area contributed by atoms with Crippen molar-refractivity contribution in [1.82, 2.24) is 5.32 Å². The van der Waals surface area contributed by atoms with Crippen LogP contribution < -0.4 is 30.0 Å². The summed E-state index contributed by atoms with van der Waals surface area (Å²) in [5.74, 6) is 2.84. The summed E-state index contributed by atoms with van der Waals surface area (Å²) in [7, 11) is 0. The number of rotatable bonds is 21. The Kier molecular flexibility index (Phi) is 14.7. The van der Waals surface area contributed by atoms with E-state index < -0.39 is 6.10 Å². The van der Waals surface area contributed by atoms with Gasteiger partial charge in [-0.2, -0.15) is 0 Å². The molecule has 0 radical (unpaired) electrons. The van der Waals surface area contributed by atoms with E-state index in [1.807, 2.05) is 78.9 Å². The minimum atomic E-state index is -0.760. The van der Waals surface area contributed by atoms with Crippen LogP contribution in [0.15, 0.2) is 188 Å². The summed E-state index contributed by atoms with van der Waals surface area (Å²) in [4.78, 5) is 0. The van der Waals surface area contributed by atoms with Crippen LogP contribution in [0.4, 0.5) is 5.69 Å². The summed E-state index contributed by atoms with van der Waals surface area (Å²) in [5, 5.41) is 14.9. The highest BCUT2D eigenvalue weighted by molar-refractivity contribution is 5.56. The highest BCUT2D eigenvalue weighted by atomic mass is 16.5. The molecule has 0 fully saturated rings. The molecular formula is C52H52N2O5. The Morgan fingerprint density at radius 2 is 0.915 bits per heavy atom. The Morgan fingerprint density at radius 3 is 1.39 bits per heavy atom. The number of nitrogens with one attached hydrogen (secondary N) is 1. The molecule has 0 aliphatic heterocycles. The predicted octanol–water partition coefficient (Wildman–Crippen LogP) is 10.2. The summed E-state index contributed by atoms with van der Waals surface area (Å²) >= 11 is 0. The molecule has 7 aromatic rings. The standard InChI is InChI=1S/C52H52N2O5/c53-51-33-49(29-30-52(51)59-37-42-19-11-4-12-20-42)58-38-46(55)34-54-45(31-39-13-5-1-6-14-39)32-50(43-21-25-47(26-22-43)56-35-40-15-7-2-8-16-40)44-23-27-48(28-24-44)57-36-41-17-9-3-10-18-41/h1-30,33,45-46,50,54-55H,31-32,34-38,53H2/t45?,46-/m0/s1. The molecule has 0 saturated carbocycles. The molecule has 300 valence electrons. The number of anilines is 1. The lowest BCUT2D eigenvalue weighted by Crippen LogP contribution is -2.40. The third kappa shape index (κ3) is 12.7. The van der Waals surface area contributed by atoms with Gasteiger partial charge in [-0.05, 0) is 82.6 Å². The van der Waals surface area contributed by atoms with Crippen LogP contribution in [0.25, 0.3) is 0 Å². The van der Waals surface area contributed by atoms with Crippen molar-refractivity contribution in [2.75, 3.05) is 18.9 Å². The van der Waals surface area contributed by atoms with Crippen LogP contribution in [0.1, 0.15) is 45.7 Å². The molecular weight excluding hydrogens is 733 g/mol. The topological polar surface area (TPSA) is 95.2 Å². The van der Waals surface area contributed by atoms with Crippen molar-refractivity contribution in [3.05, 3.63) is 221 Å². The number of nitrogen functional groups attached to an aromatic ring is 1. The molecule has 7 aromatic carbocycles. The zero-order chi connectivity index (χ0) is 40.5. The van der Waals surface area contributed by atoms with Gasteiger partial charge in [0.25, 0.3) is 0 Å². The minimum absolute atomic E-state index is 0.0248. The van der Waals surface area contributed by atoms with Crippen LogP contribution in [0.2, 0.25) is 0 Å². The lowest BCUT2D eigenvalue weighted by Gasteiger charge is -2.27. The first-order valence-corrected chi connectivity index (χ1v) is 20.2. The fourth-order valence-electron chi connectivity index (χ4n) is 7.00. The van der Waals surface area contributed by atoms with Gasteiger partial charge in [0.1, 0.15) is 55.5 Å². The highest BCUT2D eigenvalue weighted by Crippen LogP contribution is 2.33. The van der Waals surface area contributed by atoms with E-state index >= 15 is 0 Å². The van der Waals surface area contributed by atoms with Gasteiger partial charge in [0, 0.05) is 24.6 Å². The molecule has 0 aliphatic carbocycles. The van der Waals surface area contributed by atoms with Crippen molar-refractivity contribution < 1.29 is 24.1 Å². The van der Waals surface area contributed by atoms with E-state index in [2.05, 4.69) is 102 Å². The molecule has 2 atom stereocenters. The zero-order valence-electron chi connectivity index (χ0n) is 33.2. The van der Waals surface area contributed by atoms with Crippen LogP contribution in [0.5, 0.6) is 23.0 Å². The van der Waals surface area contributed by atoms with Gasteiger partial charge in [0.2, 0.25) is 0 Å². The smallest absolute Gasteiger partial charge is 0.142 e. The summed E-state index contributed by atoms with van der Waals surface area (Å²) in [6, 6.07) is 63.0. The van der Waals surface area contributed by atoms with E-state index in [0.29, 0.717) is 43.6 Å². The lowest BCUT2D eigenvalue weighted by atomic mass is 9.84. The molecule has 7 nitrogen and oxygen atoms in total. The number of aliphatic hydroxyl groups excluding tert-OH is 1. The summed E-state index contributed by atoms with van der Waals surface area (Å²) in [6.07, 6.45) is 0.796. The zero-order valence-corrected chi connectivity index (χ0v) is 33.2. The van der Waals surface area contributed by atoms with Gasteiger partial charge in [-0.3, -0.25) is 0 Å². The van der Waals surface area contributed by atoms with Crippen molar-refractivity contribution >= 4 is 5.69 Å². The molecule has 0 aromatic heterocycles. The van der Waals surface area contributed by atoms with Crippen LogP contribution in [0.3, 0.4) is 0 Å². The summed E-state index contributed by atoms with van der Waals surface area (Å²) < 4.78 is 24.2. The first-order chi connectivity index (χ1) is 29.0. The molecule has 7 heteroatoms. The van der Waals surface area contributed by atoms with Crippen molar-refractivity contribution in [2.45, 2.75) is 50.7 Å². The molecule has 7 rings (SSSR count). The van der Waals surface area contributed by atoms with E-state index in [0.717, 1.165) is 41.0 Å². The second kappa shape index (κ2) is 21.3. The Hall–Kier alpha value is -6.54. The summed E-state index contributed by atoms with van der Waals surface area (Å²) in [6.45, 7) is 1.88. The minimum Gasteiger partial charge on any atom is -0.491 e. The van der Waals surface area contributed by atoms with Gasteiger partial charge >= 0.3 is 0 Å². The third-order valence-electron chi connectivity index (χ3n) is 10.2. The number of hydrogen-bond acceptors (Lipinski definition) is 7. The van der Waals surface area contributed by atoms with E-state index in [9.17, 15) is 5.11 Å². The molecule has 0 spiro atoms. The third-order valence-corrected chi connectivity index (χ3v) is 10.2. The van der Waals surface area contributed by atoms with Gasteiger partial charge in [-0.15, -0.1) is 0 Å². The van der Waals surface area contributed by atoms with Crippen molar-refractivity contribution in [3.63, 3.8) is 0 Å². The fraction of sp³-hybridized carbons (Fsp3) is 0.192. The molecule has 1 unspecified atom stereocenters. The number of nitrogens with two attached hydrogens (primary N) is 1. The maximum absolute atomic E-state index is 11.2. The SMILES string of the molecule is Nc1cc(OC[C@@H](O)CNC(Cc2ccccc2)CC(c2ccc(OCc3ccccc3)cc2)c2ccc(OCc3ccccc3)cc2)ccc1OCc1ccccc1. The lowest BCUT2D eigenvalue weighted by molar-refractivity contribution is 0.103. The monoisotopic (exact) mass is 784 g/mol. The average molecular weight is 785 g/mol. The molecule has 0 heterocycles. The van der Waals surface area contributed by atoms with Gasteiger partial charge in [0.15, 0.2) is 0 Å². The number of hydrogen-bond donors (Lipinski definition) is 3. The number of aliphatic hydroxyl groups is 1. The number of benzene rings is 7. The van der Waals surface area contributed by atoms with Gasteiger partial charge in [-0.1, -0.05) is 146 Å². The molecule has 0 amide bonds. The second-order valence-corrected chi connectivity index (χ2v) is 14.7. The van der Waals surface area contributed by atoms with Crippen LogP contribution in [-0.2, 0) is 26.2 Å².